The molecule has 0 radical (unpaired) electrons. The Hall–Kier alpha value is -1.27. The summed E-state index contributed by atoms with van der Waals surface area (Å²) in [6.45, 7) is 0.541. The minimum Gasteiger partial charge on any atom is -0.497 e. The number of hydrogen-bond acceptors (Lipinski definition) is 4. The Balaban J connectivity index is 1.54. The third-order valence-corrected chi connectivity index (χ3v) is 7.89. The van der Waals surface area contributed by atoms with Crippen molar-refractivity contribution in [2.24, 2.45) is 23.2 Å². The second-order valence-electron chi connectivity index (χ2n) is 8.26. The van der Waals surface area contributed by atoms with E-state index in [2.05, 4.69) is 4.72 Å². The van der Waals surface area contributed by atoms with Crippen molar-refractivity contribution in [3.8, 4) is 11.5 Å². The number of sulfonamides is 1. The minimum atomic E-state index is -3.63. The van der Waals surface area contributed by atoms with E-state index in [0.717, 1.165) is 17.8 Å². The molecule has 1 aromatic carbocycles. The Morgan fingerprint density at radius 3 is 2.16 bits per heavy atom. The van der Waals surface area contributed by atoms with Gasteiger partial charge in [-0.2, -0.15) is 0 Å². The lowest BCUT2D eigenvalue weighted by Crippen LogP contribution is -2.51. The molecule has 0 saturated heterocycles. The summed E-state index contributed by atoms with van der Waals surface area (Å²) in [5.74, 6) is 3.28. The van der Waals surface area contributed by atoms with Crippen molar-refractivity contribution >= 4 is 10.0 Å². The second kappa shape index (κ2) is 6.16. The zero-order chi connectivity index (χ0) is 17.7. The quantitative estimate of drug-likeness (QED) is 0.841. The van der Waals surface area contributed by atoms with Crippen molar-refractivity contribution in [3.05, 3.63) is 18.2 Å². The minimum absolute atomic E-state index is 0.152. The van der Waals surface area contributed by atoms with Crippen molar-refractivity contribution in [2.45, 2.75) is 43.4 Å². The highest BCUT2D eigenvalue weighted by Crippen LogP contribution is 2.59. The van der Waals surface area contributed by atoms with Gasteiger partial charge in [0, 0.05) is 12.6 Å². The second-order valence-corrected chi connectivity index (χ2v) is 9.99. The molecule has 6 heteroatoms. The summed E-state index contributed by atoms with van der Waals surface area (Å²) < 4.78 is 39.2. The maximum absolute atomic E-state index is 12.9. The Kier molecular flexibility index (Phi) is 4.23. The van der Waals surface area contributed by atoms with Gasteiger partial charge < -0.3 is 9.47 Å². The van der Waals surface area contributed by atoms with Gasteiger partial charge in [0.2, 0.25) is 10.0 Å². The predicted molar refractivity (Wildman–Crippen MR) is 95.3 cm³/mol. The first-order valence-electron chi connectivity index (χ1n) is 9.15. The lowest BCUT2D eigenvalue weighted by atomic mass is 9.50. The van der Waals surface area contributed by atoms with Gasteiger partial charge >= 0.3 is 0 Å². The smallest absolute Gasteiger partial charge is 0.244 e. The van der Waals surface area contributed by atoms with Crippen LogP contribution in [-0.4, -0.2) is 29.2 Å². The van der Waals surface area contributed by atoms with Crippen molar-refractivity contribution in [2.75, 3.05) is 20.8 Å². The lowest BCUT2D eigenvalue weighted by Gasteiger charge is -2.56. The van der Waals surface area contributed by atoms with Crippen LogP contribution in [0.3, 0.4) is 0 Å². The fourth-order valence-corrected chi connectivity index (χ4v) is 7.17. The molecule has 0 spiro atoms. The van der Waals surface area contributed by atoms with E-state index in [9.17, 15) is 8.42 Å². The summed E-state index contributed by atoms with van der Waals surface area (Å²) in [5.41, 5.74) is 0.161. The van der Waals surface area contributed by atoms with E-state index in [4.69, 9.17) is 9.47 Å². The number of rotatable bonds is 6. The lowest BCUT2D eigenvalue weighted by molar-refractivity contribution is -0.0487. The molecule has 5 nitrogen and oxygen atoms in total. The third-order valence-electron chi connectivity index (χ3n) is 6.46. The molecule has 0 unspecified atom stereocenters. The average molecular weight is 365 g/mol. The summed E-state index contributed by atoms with van der Waals surface area (Å²) in [4.78, 5) is 0.152. The Labute approximate surface area is 150 Å². The molecular weight excluding hydrogens is 338 g/mol. The maximum atomic E-state index is 12.9. The predicted octanol–water partition coefficient (Wildman–Crippen LogP) is 3.20. The van der Waals surface area contributed by atoms with Crippen LogP contribution in [0.4, 0.5) is 0 Å². The highest BCUT2D eigenvalue weighted by Gasteiger charge is 2.51. The molecule has 0 heterocycles. The summed E-state index contributed by atoms with van der Waals surface area (Å²) >= 11 is 0. The number of nitrogens with one attached hydrogen (secondary N) is 1. The van der Waals surface area contributed by atoms with Gasteiger partial charge in [0.15, 0.2) is 0 Å². The molecule has 0 aliphatic heterocycles. The molecule has 4 fully saturated rings. The van der Waals surface area contributed by atoms with Crippen molar-refractivity contribution < 1.29 is 17.9 Å². The Bertz CT molecular complexity index is 723. The number of methoxy groups -OCH3 is 2. The molecule has 25 heavy (non-hydrogen) atoms. The van der Waals surface area contributed by atoms with Crippen LogP contribution in [0.15, 0.2) is 23.1 Å². The monoisotopic (exact) mass is 365 g/mol. The van der Waals surface area contributed by atoms with Crippen LogP contribution in [0.25, 0.3) is 0 Å². The molecule has 1 aromatic rings. The van der Waals surface area contributed by atoms with Crippen LogP contribution >= 0.6 is 0 Å². The molecule has 4 aliphatic carbocycles. The van der Waals surface area contributed by atoms with E-state index in [1.54, 1.807) is 12.1 Å². The molecule has 0 amide bonds. The van der Waals surface area contributed by atoms with Crippen LogP contribution in [-0.2, 0) is 10.0 Å². The van der Waals surface area contributed by atoms with Crippen molar-refractivity contribution in [1.29, 1.82) is 0 Å². The highest BCUT2D eigenvalue weighted by atomic mass is 32.2. The molecule has 5 rings (SSSR count). The van der Waals surface area contributed by atoms with Crippen molar-refractivity contribution in [1.82, 2.24) is 4.72 Å². The summed E-state index contributed by atoms with van der Waals surface area (Å²) in [6.07, 6.45) is 7.60. The number of ether oxygens (including phenoxy) is 2. The van der Waals surface area contributed by atoms with E-state index >= 15 is 0 Å². The number of benzene rings is 1. The first-order chi connectivity index (χ1) is 11.9. The molecule has 4 aliphatic rings. The van der Waals surface area contributed by atoms with Gasteiger partial charge in [-0.1, -0.05) is 0 Å². The van der Waals surface area contributed by atoms with Crippen LogP contribution in [0.5, 0.6) is 11.5 Å². The summed E-state index contributed by atoms with van der Waals surface area (Å²) in [6, 6.07) is 4.87. The maximum Gasteiger partial charge on any atom is 0.244 e. The van der Waals surface area contributed by atoms with Gasteiger partial charge in [-0.15, -0.1) is 0 Å². The normalized spacial score (nSPS) is 33.4. The molecule has 4 bridgehead atoms. The van der Waals surface area contributed by atoms with Crippen LogP contribution in [0.2, 0.25) is 0 Å². The Morgan fingerprint density at radius 2 is 1.64 bits per heavy atom. The van der Waals surface area contributed by atoms with Crippen LogP contribution in [0, 0.1) is 23.2 Å². The molecule has 4 saturated carbocycles. The van der Waals surface area contributed by atoms with Crippen LogP contribution < -0.4 is 14.2 Å². The molecule has 0 atom stereocenters. The van der Waals surface area contributed by atoms with Gasteiger partial charge in [0.05, 0.1) is 14.2 Å². The van der Waals surface area contributed by atoms with E-state index in [1.807, 2.05) is 0 Å². The summed E-state index contributed by atoms with van der Waals surface area (Å²) in [7, 11) is -0.619. The van der Waals surface area contributed by atoms with Gasteiger partial charge in [0.1, 0.15) is 16.4 Å². The topological polar surface area (TPSA) is 64.6 Å². The van der Waals surface area contributed by atoms with Gasteiger partial charge in [-0.05, 0) is 73.8 Å². The fraction of sp³-hybridized carbons (Fsp3) is 0.684. The first kappa shape index (κ1) is 17.2. The van der Waals surface area contributed by atoms with E-state index < -0.39 is 10.0 Å². The van der Waals surface area contributed by atoms with Gasteiger partial charge in [-0.3, -0.25) is 0 Å². The zero-order valence-corrected chi connectivity index (χ0v) is 15.8. The van der Waals surface area contributed by atoms with E-state index in [-0.39, 0.29) is 10.3 Å². The van der Waals surface area contributed by atoms with Gasteiger partial charge in [0.25, 0.3) is 0 Å². The SMILES string of the molecule is COc1ccc(OC)c(S(=O)(=O)NCC23CC4CC(CC(C4)C2)C3)c1. The number of hydrogen-bond donors (Lipinski definition) is 1. The molecule has 138 valence electrons. The van der Waals surface area contributed by atoms with Crippen molar-refractivity contribution in [3.63, 3.8) is 0 Å². The summed E-state index contributed by atoms with van der Waals surface area (Å²) in [5, 5.41) is 0. The largest absolute Gasteiger partial charge is 0.497 e. The first-order valence-corrected chi connectivity index (χ1v) is 10.6. The standard InChI is InChI=1S/C19H27NO4S/c1-23-16-3-4-17(24-2)18(8-16)25(21,22)20-12-19-9-13-5-14(10-19)7-15(6-13)11-19/h3-4,8,13-15,20H,5-7,9-12H2,1-2H3. The van der Waals surface area contributed by atoms with Gasteiger partial charge in [-0.25, -0.2) is 13.1 Å². The van der Waals surface area contributed by atoms with E-state index in [0.29, 0.717) is 18.0 Å². The zero-order valence-electron chi connectivity index (χ0n) is 15.0. The third kappa shape index (κ3) is 3.14. The fourth-order valence-electron chi connectivity index (χ4n) is 5.83. The average Bonchev–Trinajstić information content (AvgIpc) is 2.58. The molecule has 0 aromatic heterocycles. The van der Waals surface area contributed by atoms with E-state index in [1.165, 1.54) is 58.8 Å². The highest BCUT2D eigenvalue weighted by molar-refractivity contribution is 7.89. The van der Waals surface area contributed by atoms with Crippen LogP contribution in [0.1, 0.15) is 38.5 Å². The molecule has 1 N–H and O–H groups in total. The Morgan fingerprint density at radius 1 is 1.04 bits per heavy atom. The molecular formula is C19H27NO4S.